The summed E-state index contributed by atoms with van der Waals surface area (Å²) in [4.78, 5) is 109. The third kappa shape index (κ3) is 12.2. The van der Waals surface area contributed by atoms with E-state index in [1.165, 1.54) is 30.9 Å². The van der Waals surface area contributed by atoms with Crippen LogP contribution in [-0.2, 0) is 51.2 Å². The number of nitrogens with one attached hydrogen (secondary N) is 6. The number of phenols is 1. The van der Waals surface area contributed by atoms with Crippen molar-refractivity contribution in [2.45, 2.75) is 94.3 Å². The number of aliphatic hydroxyl groups excluding tert-OH is 2. The van der Waals surface area contributed by atoms with Crippen molar-refractivity contribution in [3.05, 3.63) is 65.9 Å². The van der Waals surface area contributed by atoms with Gasteiger partial charge in [0.15, 0.2) is 0 Å². The minimum absolute atomic E-state index is 0.0255. The molecule has 1 fully saturated rings. The van der Waals surface area contributed by atoms with Crippen LogP contribution in [0.3, 0.4) is 0 Å². The molecule has 0 radical (unpaired) electrons. The molecule has 1 aromatic heterocycles. The van der Waals surface area contributed by atoms with Crippen LogP contribution in [-0.4, -0.2) is 134 Å². The van der Waals surface area contributed by atoms with Crippen LogP contribution in [0.1, 0.15) is 44.2 Å². The van der Waals surface area contributed by atoms with Gasteiger partial charge < -0.3 is 69.0 Å². The Balaban J connectivity index is 1.53. The average Bonchev–Trinajstić information content (AvgIpc) is 3.86. The van der Waals surface area contributed by atoms with Gasteiger partial charge in [0, 0.05) is 30.1 Å². The second-order valence-electron chi connectivity index (χ2n) is 14.6. The number of nitrogens with zero attached hydrogens (tertiary/aromatic N) is 1. The molecule has 21 nitrogen and oxygen atoms in total. The fraction of sp³-hybridized carbons (Fsp3) is 0.436. The lowest BCUT2D eigenvalue weighted by Crippen LogP contribution is -2.62. The third-order valence-corrected chi connectivity index (χ3v) is 9.98. The number of likely N-dealkylation sites (tertiary alicyclic amines) is 1. The summed E-state index contributed by atoms with van der Waals surface area (Å²) in [5.74, 6) is -7.23. The zero-order valence-electron chi connectivity index (χ0n) is 33.1. The van der Waals surface area contributed by atoms with E-state index in [1.807, 2.05) is 0 Å². The average molecular weight is 837 g/mol. The molecule has 60 heavy (non-hydrogen) atoms. The van der Waals surface area contributed by atoms with Gasteiger partial charge in [-0.2, -0.15) is 0 Å². The molecule has 0 aliphatic carbocycles. The van der Waals surface area contributed by atoms with E-state index in [2.05, 4.69) is 31.6 Å². The monoisotopic (exact) mass is 836 g/mol. The lowest BCUT2D eigenvalue weighted by molar-refractivity contribution is -0.143. The fourth-order valence-corrected chi connectivity index (χ4v) is 6.66. The van der Waals surface area contributed by atoms with Gasteiger partial charge in [-0.1, -0.05) is 30.3 Å². The molecule has 0 spiro atoms. The number of H-pyrrole nitrogens is 1. The summed E-state index contributed by atoms with van der Waals surface area (Å²) in [5.41, 5.74) is 18.5. The molecule has 4 rings (SSSR count). The van der Waals surface area contributed by atoms with Crippen LogP contribution in [0.15, 0.2) is 54.7 Å². The topological polar surface area (TPSA) is 354 Å². The molecule has 1 aliphatic rings. The summed E-state index contributed by atoms with van der Waals surface area (Å²) in [6, 6.07) is 3.39. The molecule has 0 saturated carbocycles. The van der Waals surface area contributed by atoms with Crippen LogP contribution < -0.4 is 43.8 Å². The van der Waals surface area contributed by atoms with Crippen molar-refractivity contribution in [3.8, 4) is 5.75 Å². The first-order chi connectivity index (χ1) is 28.4. The molecular formula is C39H52N10O11. The zero-order valence-corrected chi connectivity index (χ0v) is 33.1. The minimum Gasteiger partial charge on any atom is -0.508 e. The number of carbonyl (C=O) groups is 8. The molecule has 2 aromatic carbocycles. The van der Waals surface area contributed by atoms with E-state index in [0.717, 1.165) is 5.52 Å². The SMILES string of the molecule is C[C@H](NC(=O)[C@H](CC(N)=O)NC(=O)[C@@H](NC(=O)[C@H](Cc1c[nH]c2ccccc12)NC(=O)[C@@H]1CCCN1C(=O)[C@H](CO)NC(=O)[C@@H](N)Cc1ccc(O)cc1)[C@@H](C)O)C(N)=O. The van der Waals surface area contributed by atoms with Gasteiger partial charge in [-0.15, -0.1) is 0 Å². The van der Waals surface area contributed by atoms with Gasteiger partial charge in [0.1, 0.15) is 42.0 Å². The van der Waals surface area contributed by atoms with Crippen molar-refractivity contribution < 1.29 is 53.7 Å². The molecule has 0 bridgehead atoms. The highest BCUT2D eigenvalue weighted by atomic mass is 16.3. The number of para-hydroxylation sites is 1. The zero-order chi connectivity index (χ0) is 44.3. The van der Waals surface area contributed by atoms with Gasteiger partial charge in [0.2, 0.25) is 47.3 Å². The number of nitrogens with two attached hydrogens (primary N) is 3. The number of hydrogen-bond donors (Lipinski definition) is 12. The van der Waals surface area contributed by atoms with Crippen LogP contribution in [0, 0.1) is 0 Å². The van der Waals surface area contributed by atoms with E-state index in [-0.39, 0.29) is 31.6 Å². The molecule has 15 N–H and O–H groups in total. The number of amides is 8. The number of aliphatic hydroxyl groups is 2. The maximum Gasteiger partial charge on any atom is 0.248 e. The first-order valence-electron chi connectivity index (χ1n) is 19.2. The van der Waals surface area contributed by atoms with Gasteiger partial charge in [0.05, 0.1) is 25.2 Å². The van der Waals surface area contributed by atoms with E-state index in [4.69, 9.17) is 17.2 Å². The summed E-state index contributed by atoms with van der Waals surface area (Å²) >= 11 is 0. The number of aromatic nitrogens is 1. The van der Waals surface area contributed by atoms with Crippen molar-refractivity contribution >= 4 is 58.2 Å². The molecular weight excluding hydrogens is 784 g/mol. The number of aromatic amines is 1. The van der Waals surface area contributed by atoms with Gasteiger partial charge in [-0.25, -0.2) is 0 Å². The maximum atomic E-state index is 14.1. The van der Waals surface area contributed by atoms with Crippen LogP contribution in [0.25, 0.3) is 10.9 Å². The predicted molar refractivity (Wildman–Crippen MR) is 214 cm³/mol. The Labute approximate surface area is 344 Å². The summed E-state index contributed by atoms with van der Waals surface area (Å²) in [6.07, 6.45) is -0.259. The molecule has 324 valence electrons. The Morgan fingerprint density at radius 3 is 2.10 bits per heavy atom. The van der Waals surface area contributed by atoms with E-state index in [9.17, 15) is 53.7 Å². The van der Waals surface area contributed by atoms with Crippen LogP contribution in [0.5, 0.6) is 5.75 Å². The number of aromatic hydroxyl groups is 1. The largest absolute Gasteiger partial charge is 0.508 e. The lowest BCUT2D eigenvalue weighted by Gasteiger charge is -2.30. The molecule has 0 unspecified atom stereocenters. The second kappa shape index (κ2) is 20.9. The molecule has 8 atom stereocenters. The van der Waals surface area contributed by atoms with Crippen LogP contribution in [0.4, 0.5) is 0 Å². The highest BCUT2D eigenvalue weighted by Gasteiger charge is 2.40. The van der Waals surface area contributed by atoms with Crippen LogP contribution in [0.2, 0.25) is 0 Å². The molecule has 8 amide bonds. The van der Waals surface area contributed by atoms with E-state index in [0.29, 0.717) is 22.9 Å². The number of hydrogen-bond acceptors (Lipinski definition) is 12. The standard InChI is InChI=1S/C39H52N10O11/c1-19(33(42)54)44-35(56)28(16-31(41)53)46-38(59)32(20(2)51)48-36(57)27(15-22-17-43-26-7-4-3-6-24(22)26)45-37(58)30-8-5-13-49(30)39(60)29(18-50)47-34(55)25(40)14-21-9-11-23(52)12-10-21/h3-4,6-7,9-12,17,19-20,25,27-30,32,43,50-52H,5,8,13-16,18,40H2,1-2H3,(H2,41,53)(H2,42,54)(H,44,56)(H,45,58)(H,46,59)(H,47,55)(H,48,57)/t19-,20+,25-,27-,28-,29-,30-,32-/m0/s1. The van der Waals surface area contributed by atoms with Crippen molar-refractivity contribution in [3.63, 3.8) is 0 Å². The first kappa shape index (κ1) is 46.1. The number of benzene rings is 2. The van der Waals surface area contributed by atoms with Crippen molar-refractivity contribution in [2.24, 2.45) is 17.2 Å². The molecule has 21 heteroatoms. The van der Waals surface area contributed by atoms with Crippen molar-refractivity contribution in [1.82, 2.24) is 36.5 Å². The number of fused-ring (bicyclic) bond motifs is 1. The summed E-state index contributed by atoms with van der Waals surface area (Å²) in [7, 11) is 0. The number of primary amides is 2. The van der Waals surface area contributed by atoms with Crippen LogP contribution >= 0.6 is 0 Å². The quantitative estimate of drug-likeness (QED) is 0.0521. The van der Waals surface area contributed by atoms with E-state index >= 15 is 0 Å². The number of phenolic OH excluding ortho intramolecular Hbond substituents is 1. The van der Waals surface area contributed by atoms with Gasteiger partial charge in [-0.3, -0.25) is 38.4 Å². The van der Waals surface area contributed by atoms with Gasteiger partial charge >= 0.3 is 0 Å². The van der Waals surface area contributed by atoms with Gasteiger partial charge in [0.25, 0.3) is 0 Å². The van der Waals surface area contributed by atoms with E-state index < -0.39 is 109 Å². The molecule has 2 heterocycles. The molecule has 3 aromatic rings. The Bertz CT molecular complexity index is 2060. The van der Waals surface area contributed by atoms with E-state index in [1.54, 1.807) is 42.6 Å². The first-order valence-corrected chi connectivity index (χ1v) is 19.2. The number of rotatable bonds is 20. The number of carbonyl (C=O) groups excluding carboxylic acids is 8. The smallest absolute Gasteiger partial charge is 0.248 e. The molecule has 1 aliphatic heterocycles. The highest BCUT2D eigenvalue weighted by Crippen LogP contribution is 2.22. The Morgan fingerprint density at radius 1 is 0.817 bits per heavy atom. The summed E-state index contributed by atoms with van der Waals surface area (Å²) in [6.45, 7) is 1.70. The second-order valence-corrected chi connectivity index (χ2v) is 14.6. The normalized spacial score (nSPS) is 17.2. The Morgan fingerprint density at radius 2 is 1.47 bits per heavy atom. The Hall–Kier alpha value is -6.58. The fourth-order valence-electron chi connectivity index (χ4n) is 6.66. The van der Waals surface area contributed by atoms with Crippen molar-refractivity contribution in [1.29, 1.82) is 0 Å². The van der Waals surface area contributed by atoms with Crippen molar-refractivity contribution in [2.75, 3.05) is 13.2 Å². The maximum absolute atomic E-state index is 14.1. The van der Waals surface area contributed by atoms with Gasteiger partial charge in [-0.05, 0) is 62.4 Å². The lowest BCUT2D eigenvalue weighted by atomic mass is 10.0. The highest BCUT2D eigenvalue weighted by molar-refractivity contribution is 5.99. The molecule has 1 saturated heterocycles. The summed E-state index contributed by atoms with van der Waals surface area (Å²) in [5, 5.41) is 43.0. The summed E-state index contributed by atoms with van der Waals surface area (Å²) < 4.78 is 0. The minimum atomic E-state index is -1.75. The third-order valence-electron chi connectivity index (χ3n) is 9.98. The predicted octanol–water partition coefficient (Wildman–Crippen LogP) is -3.85. The Kier molecular flexibility index (Phi) is 16.1.